The van der Waals surface area contributed by atoms with Crippen LogP contribution < -0.4 is 16.1 Å². The van der Waals surface area contributed by atoms with Gasteiger partial charge in [-0.1, -0.05) is 0 Å². The van der Waals surface area contributed by atoms with Crippen LogP contribution in [0.3, 0.4) is 0 Å². The Morgan fingerprint density at radius 1 is 1.00 bits per heavy atom. The fourth-order valence-corrected chi connectivity index (χ4v) is 6.91. The van der Waals surface area contributed by atoms with Gasteiger partial charge in [0.25, 0.3) is 0 Å². The van der Waals surface area contributed by atoms with Crippen molar-refractivity contribution in [1.29, 1.82) is 0 Å². The molecule has 0 radical (unpaired) electrons. The van der Waals surface area contributed by atoms with Gasteiger partial charge in [0.1, 0.15) is 18.7 Å². The van der Waals surface area contributed by atoms with Crippen LogP contribution in [0, 0.1) is 5.92 Å². The van der Waals surface area contributed by atoms with E-state index in [9.17, 15) is 9.50 Å². The van der Waals surface area contributed by atoms with Crippen LogP contribution in [0.15, 0.2) is 0 Å². The first-order valence-electron chi connectivity index (χ1n) is 12.1. The zero-order valence-electron chi connectivity index (χ0n) is 17.8. The Labute approximate surface area is 178 Å². The summed E-state index contributed by atoms with van der Waals surface area (Å²) in [6, 6.07) is 1.06. The van der Waals surface area contributed by atoms with E-state index in [2.05, 4.69) is 30.9 Å². The average Bonchev–Trinajstić information content (AvgIpc) is 3.46. The highest BCUT2D eigenvalue weighted by molar-refractivity contribution is 5.01. The molecule has 0 spiro atoms. The normalized spacial score (nSPS) is 50.8. The molecule has 2 bridgehead atoms. The molecule has 30 heavy (non-hydrogen) atoms. The van der Waals surface area contributed by atoms with Crippen molar-refractivity contribution in [2.45, 2.75) is 94.0 Å². The summed E-state index contributed by atoms with van der Waals surface area (Å²) in [5.41, 5.74) is 3.54. The molecule has 6 rings (SSSR count). The lowest BCUT2D eigenvalue weighted by Gasteiger charge is -2.48. The van der Waals surface area contributed by atoms with Crippen molar-refractivity contribution in [3.05, 3.63) is 0 Å². The second-order valence-corrected chi connectivity index (χ2v) is 10.2. The number of hydrogen-bond donors (Lipinski definition) is 4. The van der Waals surface area contributed by atoms with Crippen LogP contribution in [-0.4, -0.2) is 102 Å². The van der Waals surface area contributed by atoms with Gasteiger partial charge in [0, 0.05) is 44.1 Å². The smallest absolute Gasteiger partial charge is 0.118 e. The van der Waals surface area contributed by atoms with Crippen LogP contribution in [0.1, 0.15) is 44.9 Å². The fourth-order valence-electron chi connectivity index (χ4n) is 6.91. The number of aliphatic hydroxyl groups excluding tert-OH is 1. The summed E-state index contributed by atoms with van der Waals surface area (Å²) >= 11 is 0. The summed E-state index contributed by atoms with van der Waals surface area (Å²) in [5.74, 6) is 0.0688. The van der Waals surface area contributed by atoms with Crippen LogP contribution in [0.25, 0.3) is 0 Å². The number of nitrogens with zero attached hydrogens (tertiary/aromatic N) is 3. The van der Waals surface area contributed by atoms with Crippen LogP contribution in [0.4, 0.5) is 4.39 Å². The van der Waals surface area contributed by atoms with Gasteiger partial charge in [0.15, 0.2) is 0 Å². The number of halogens is 1. The van der Waals surface area contributed by atoms with Crippen molar-refractivity contribution < 1.29 is 14.2 Å². The highest BCUT2D eigenvalue weighted by Crippen LogP contribution is 2.35. The first-order valence-corrected chi connectivity index (χ1v) is 12.1. The lowest BCUT2D eigenvalue weighted by Crippen LogP contribution is -2.72. The predicted octanol–water partition coefficient (Wildman–Crippen LogP) is -0.238. The molecule has 0 aromatic heterocycles. The number of rotatable bonds is 0. The molecule has 6 fully saturated rings. The van der Waals surface area contributed by atoms with E-state index in [4.69, 9.17) is 4.74 Å². The number of hydrazine groups is 1. The van der Waals surface area contributed by atoms with Crippen LogP contribution in [-0.2, 0) is 4.74 Å². The Bertz CT molecular complexity index is 630. The van der Waals surface area contributed by atoms with E-state index < -0.39 is 12.4 Å². The molecule has 6 aliphatic rings. The number of ether oxygens (including phenoxy) is 1. The predicted molar refractivity (Wildman–Crippen MR) is 110 cm³/mol. The van der Waals surface area contributed by atoms with E-state index >= 15 is 0 Å². The SMILES string of the molecule is OC1NC2NC3C1CNN3C1CCC(F)CC1OCC1CCCN1C[C@@H]1CCCN21. The molecule has 8 unspecified atom stereocenters. The molecule has 5 aliphatic heterocycles. The third-order valence-corrected chi connectivity index (χ3v) is 8.53. The van der Waals surface area contributed by atoms with E-state index in [1.807, 2.05) is 0 Å². The third-order valence-electron chi connectivity index (χ3n) is 8.53. The first kappa shape index (κ1) is 20.2. The average molecular weight is 425 g/mol. The fraction of sp³-hybridized carbons (Fsp3) is 1.00. The van der Waals surface area contributed by atoms with E-state index in [-0.39, 0.29) is 30.5 Å². The lowest BCUT2D eigenvalue weighted by molar-refractivity contribution is -0.105. The summed E-state index contributed by atoms with van der Waals surface area (Å²) in [6.45, 7) is 4.67. The zero-order chi connectivity index (χ0) is 20.2. The Morgan fingerprint density at radius 2 is 1.87 bits per heavy atom. The summed E-state index contributed by atoms with van der Waals surface area (Å²) in [5, 5.41) is 20.5. The number of alkyl halides is 1. The number of hydrogen-bond acceptors (Lipinski definition) is 8. The van der Waals surface area contributed by atoms with Crippen LogP contribution in [0.2, 0.25) is 0 Å². The van der Waals surface area contributed by atoms with Gasteiger partial charge in [-0.2, -0.15) is 0 Å². The van der Waals surface area contributed by atoms with Gasteiger partial charge in [0.2, 0.25) is 0 Å². The molecule has 8 nitrogen and oxygen atoms in total. The first-order chi connectivity index (χ1) is 14.7. The molecule has 1 aliphatic carbocycles. The Balaban J connectivity index is 1.32. The van der Waals surface area contributed by atoms with Gasteiger partial charge in [-0.15, -0.1) is 0 Å². The highest BCUT2D eigenvalue weighted by Gasteiger charge is 2.51. The largest absolute Gasteiger partial charge is 0.378 e. The molecule has 0 amide bonds. The molecule has 4 N–H and O–H groups in total. The van der Waals surface area contributed by atoms with E-state index in [1.54, 1.807) is 0 Å². The summed E-state index contributed by atoms with van der Waals surface area (Å²) in [6.07, 6.45) is 5.22. The second-order valence-electron chi connectivity index (χ2n) is 10.2. The third kappa shape index (κ3) is 3.51. The number of nitrogens with one attached hydrogen (secondary N) is 3. The van der Waals surface area contributed by atoms with Crippen LogP contribution >= 0.6 is 0 Å². The van der Waals surface area contributed by atoms with Crippen molar-refractivity contribution in [2.75, 3.05) is 32.8 Å². The van der Waals surface area contributed by atoms with Crippen molar-refractivity contribution in [3.63, 3.8) is 0 Å². The highest BCUT2D eigenvalue weighted by atomic mass is 19.1. The number of fused-ring (bicyclic) bond motifs is 6. The van der Waals surface area contributed by atoms with Crippen molar-refractivity contribution in [2.24, 2.45) is 5.92 Å². The van der Waals surface area contributed by atoms with Gasteiger partial charge in [0.05, 0.1) is 24.9 Å². The topological polar surface area (TPSA) is 75.3 Å². The van der Waals surface area contributed by atoms with Gasteiger partial charge < -0.3 is 9.84 Å². The van der Waals surface area contributed by atoms with Gasteiger partial charge in [-0.25, -0.2) is 9.40 Å². The molecule has 0 aromatic carbocycles. The van der Waals surface area contributed by atoms with Crippen molar-refractivity contribution >= 4 is 0 Å². The molecule has 170 valence electrons. The minimum absolute atomic E-state index is 0.0281. The Hall–Kier alpha value is -0.390. The molecular formula is C21H37FN6O2. The lowest BCUT2D eigenvalue weighted by atomic mass is 9.89. The Morgan fingerprint density at radius 3 is 2.80 bits per heavy atom. The summed E-state index contributed by atoms with van der Waals surface area (Å²) in [7, 11) is 0. The molecule has 1 saturated carbocycles. The van der Waals surface area contributed by atoms with Crippen molar-refractivity contribution in [1.82, 2.24) is 30.9 Å². The standard InChI is InChI=1S/C21H37FN6O2/c22-13-5-6-17-18(9-13)30-12-15-4-1-7-26(15)11-14-3-2-8-27(14)21-24-19-16(20(29)25-21)10-23-28(17)19/h13-21,23-25,29H,1-12H2/t13?,14-,15?,16?,17?,18?,19?,20?,21?/m0/s1. The minimum Gasteiger partial charge on any atom is -0.378 e. The van der Waals surface area contributed by atoms with Crippen LogP contribution in [0.5, 0.6) is 0 Å². The summed E-state index contributed by atoms with van der Waals surface area (Å²) < 4.78 is 20.8. The second kappa shape index (κ2) is 8.19. The maximum Gasteiger partial charge on any atom is 0.118 e. The van der Waals surface area contributed by atoms with Gasteiger partial charge in [-0.05, 0) is 45.1 Å². The summed E-state index contributed by atoms with van der Waals surface area (Å²) in [4.78, 5) is 5.13. The monoisotopic (exact) mass is 424 g/mol. The molecular weight excluding hydrogens is 387 g/mol. The molecule has 5 saturated heterocycles. The number of aliphatic hydroxyl groups is 1. The Kier molecular flexibility index (Phi) is 5.52. The maximum absolute atomic E-state index is 14.4. The maximum atomic E-state index is 14.4. The van der Waals surface area contributed by atoms with E-state index in [1.165, 1.54) is 25.7 Å². The quantitative estimate of drug-likeness (QED) is 0.425. The van der Waals surface area contributed by atoms with E-state index in [0.29, 0.717) is 31.5 Å². The van der Waals surface area contributed by atoms with E-state index in [0.717, 1.165) is 32.6 Å². The molecule has 5 heterocycles. The zero-order valence-corrected chi connectivity index (χ0v) is 17.8. The molecule has 9 atom stereocenters. The minimum atomic E-state index is -0.773. The van der Waals surface area contributed by atoms with Gasteiger partial charge in [-0.3, -0.25) is 25.9 Å². The van der Waals surface area contributed by atoms with Crippen molar-refractivity contribution in [3.8, 4) is 0 Å². The molecule has 0 aromatic rings. The van der Waals surface area contributed by atoms with Gasteiger partial charge >= 0.3 is 0 Å². The molecule has 9 heteroatoms.